The first kappa shape index (κ1) is 15.4. The van der Waals surface area contributed by atoms with Gasteiger partial charge in [0.15, 0.2) is 5.01 Å². The zero-order chi connectivity index (χ0) is 14.9. The molecule has 1 aromatic heterocycles. The summed E-state index contributed by atoms with van der Waals surface area (Å²) in [6.45, 7) is 0. The van der Waals surface area contributed by atoms with Crippen molar-refractivity contribution >= 4 is 27.3 Å². The Bertz CT molecular complexity index is 614. The van der Waals surface area contributed by atoms with Gasteiger partial charge in [0.05, 0.1) is 10.5 Å². The Hall–Kier alpha value is -1.03. The zero-order valence-corrected chi connectivity index (χ0v) is 12.1. The van der Waals surface area contributed by atoms with Crippen LogP contribution in [0.2, 0.25) is 0 Å². The van der Waals surface area contributed by atoms with Crippen LogP contribution in [0.5, 0.6) is 0 Å². The number of hydrazine groups is 1. The molecule has 0 radical (unpaired) electrons. The van der Waals surface area contributed by atoms with Gasteiger partial charge in [-0.3, -0.25) is 5.84 Å². The molecule has 1 aromatic carbocycles. The molecule has 0 saturated carbocycles. The monoisotopic (exact) mass is 369 g/mol. The molecule has 1 unspecified atom stereocenters. The van der Waals surface area contributed by atoms with Crippen LogP contribution in [0.3, 0.4) is 0 Å². The fraction of sp³-hybridized carbons (Fsp3) is 0.182. The number of hydrogen-bond donors (Lipinski definition) is 2. The molecule has 108 valence electrons. The lowest BCUT2D eigenvalue weighted by Gasteiger charge is -2.15. The van der Waals surface area contributed by atoms with Crippen LogP contribution in [0.4, 0.5) is 17.6 Å². The third-order valence-electron chi connectivity index (χ3n) is 2.51. The number of hydrogen-bond acceptors (Lipinski definition) is 4. The molecule has 9 heteroatoms. The molecule has 0 aliphatic carbocycles. The van der Waals surface area contributed by atoms with Gasteiger partial charge in [0, 0.05) is 16.6 Å². The molecule has 0 aliphatic rings. The van der Waals surface area contributed by atoms with Gasteiger partial charge in [-0.1, -0.05) is 12.1 Å². The van der Waals surface area contributed by atoms with Crippen molar-refractivity contribution in [2.75, 3.05) is 0 Å². The molecular weight excluding hydrogens is 362 g/mol. The predicted octanol–water partition coefficient (Wildman–Crippen LogP) is 3.62. The second-order valence-electron chi connectivity index (χ2n) is 3.81. The molecule has 0 bridgehead atoms. The third-order valence-corrected chi connectivity index (χ3v) is 4.23. The van der Waals surface area contributed by atoms with E-state index in [2.05, 4.69) is 26.3 Å². The Morgan fingerprint density at radius 1 is 1.35 bits per heavy atom. The molecule has 0 fully saturated rings. The van der Waals surface area contributed by atoms with Gasteiger partial charge in [0.2, 0.25) is 0 Å². The van der Waals surface area contributed by atoms with Crippen LogP contribution in [0.15, 0.2) is 28.9 Å². The van der Waals surface area contributed by atoms with Gasteiger partial charge in [-0.15, -0.1) is 11.3 Å². The van der Waals surface area contributed by atoms with Crippen LogP contribution in [0.25, 0.3) is 0 Å². The van der Waals surface area contributed by atoms with E-state index in [0.717, 1.165) is 6.20 Å². The minimum atomic E-state index is -4.53. The van der Waals surface area contributed by atoms with Crippen molar-refractivity contribution in [2.24, 2.45) is 5.84 Å². The number of nitrogens with zero attached hydrogens (tertiary/aromatic N) is 1. The Morgan fingerprint density at radius 2 is 2.05 bits per heavy atom. The SMILES string of the molecule is NNC(c1cnc(C(F)(F)F)s1)c1cccc(Br)c1F. The Balaban J connectivity index is 2.43. The average Bonchev–Trinajstić information content (AvgIpc) is 2.85. The van der Waals surface area contributed by atoms with E-state index in [0.29, 0.717) is 11.3 Å². The summed E-state index contributed by atoms with van der Waals surface area (Å²) >= 11 is 3.44. The van der Waals surface area contributed by atoms with Crippen molar-refractivity contribution in [3.05, 3.63) is 50.1 Å². The lowest BCUT2D eigenvalue weighted by Crippen LogP contribution is -2.29. The molecule has 3 nitrogen and oxygen atoms in total. The lowest BCUT2D eigenvalue weighted by atomic mass is 10.1. The van der Waals surface area contributed by atoms with Gasteiger partial charge in [-0.05, 0) is 22.0 Å². The predicted molar refractivity (Wildman–Crippen MR) is 70.4 cm³/mol. The van der Waals surface area contributed by atoms with Crippen molar-refractivity contribution in [3.8, 4) is 0 Å². The molecule has 2 aromatic rings. The van der Waals surface area contributed by atoms with Gasteiger partial charge < -0.3 is 0 Å². The summed E-state index contributed by atoms with van der Waals surface area (Å²) in [5.41, 5.74) is 2.45. The second-order valence-corrected chi connectivity index (χ2v) is 5.72. The number of halogens is 5. The largest absolute Gasteiger partial charge is 0.443 e. The number of rotatable bonds is 3. The maximum Gasteiger partial charge on any atom is 0.443 e. The van der Waals surface area contributed by atoms with Gasteiger partial charge in [-0.2, -0.15) is 13.2 Å². The van der Waals surface area contributed by atoms with E-state index in [9.17, 15) is 17.6 Å². The molecule has 0 spiro atoms. The number of nitrogens with one attached hydrogen (secondary N) is 1. The molecule has 0 aliphatic heterocycles. The molecule has 3 N–H and O–H groups in total. The highest BCUT2D eigenvalue weighted by Crippen LogP contribution is 2.36. The van der Waals surface area contributed by atoms with E-state index in [1.807, 2.05) is 0 Å². The van der Waals surface area contributed by atoms with Crippen LogP contribution in [-0.4, -0.2) is 4.98 Å². The molecule has 1 heterocycles. The Labute approximate surface area is 123 Å². The van der Waals surface area contributed by atoms with Gasteiger partial charge in [0.1, 0.15) is 5.82 Å². The lowest BCUT2D eigenvalue weighted by molar-refractivity contribution is -0.137. The van der Waals surface area contributed by atoms with Crippen LogP contribution in [0, 0.1) is 5.82 Å². The van der Waals surface area contributed by atoms with E-state index in [4.69, 9.17) is 5.84 Å². The Kier molecular flexibility index (Phi) is 4.43. The summed E-state index contributed by atoms with van der Waals surface area (Å²) in [5, 5.41) is -0.997. The van der Waals surface area contributed by atoms with Gasteiger partial charge in [-0.25, -0.2) is 14.8 Å². The smallest absolute Gasteiger partial charge is 0.271 e. The number of alkyl halides is 3. The number of benzene rings is 1. The van der Waals surface area contributed by atoms with Crippen LogP contribution in [0.1, 0.15) is 21.5 Å². The van der Waals surface area contributed by atoms with Crippen molar-refractivity contribution in [1.29, 1.82) is 0 Å². The van der Waals surface area contributed by atoms with Crippen molar-refractivity contribution < 1.29 is 17.6 Å². The first-order chi connectivity index (χ1) is 9.34. The molecule has 1 atom stereocenters. The molecule has 20 heavy (non-hydrogen) atoms. The van der Waals surface area contributed by atoms with Gasteiger partial charge in [0.25, 0.3) is 0 Å². The maximum absolute atomic E-state index is 14.0. The molecule has 0 saturated heterocycles. The highest BCUT2D eigenvalue weighted by molar-refractivity contribution is 9.10. The number of thiazole rings is 1. The fourth-order valence-corrected chi connectivity index (χ4v) is 2.86. The highest BCUT2D eigenvalue weighted by atomic mass is 79.9. The molecule has 0 amide bonds. The summed E-state index contributed by atoms with van der Waals surface area (Å²) < 4.78 is 51.8. The van der Waals surface area contributed by atoms with E-state index in [1.165, 1.54) is 12.1 Å². The second kappa shape index (κ2) is 5.76. The normalized spacial score (nSPS) is 13.5. The first-order valence-electron chi connectivity index (χ1n) is 5.27. The minimum absolute atomic E-state index is 0.138. The van der Waals surface area contributed by atoms with Crippen LogP contribution < -0.4 is 11.3 Å². The van der Waals surface area contributed by atoms with Gasteiger partial charge >= 0.3 is 6.18 Å². The van der Waals surface area contributed by atoms with Crippen LogP contribution >= 0.6 is 27.3 Å². The topological polar surface area (TPSA) is 50.9 Å². The fourth-order valence-electron chi connectivity index (χ4n) is 1.62. The molecule has 2 rings (SSSR count). The average molecular weight is 370 g/mol. The van der Waals surface area contributed by atoms with Crippen molar-refractivity contribution in [1.82, 2.24) is 10.4 Å². The zero-order valence-electron chi connectivity index (χ0n) is 9.71. The summed E-state index contributed by atoms with van der Waals surface area (Å²) in [5.74, 6) is 4.75. The van der Waals surface area contributed by atoms with Crippen molar-refractivity contribution in [3.63, 3.8) is 0 Å². The van der Waals surface area contributed by atoms with Crippen molar-refractivity contribution in [2.45, 2.75) is 12.2 Å². The highest BCUT2D eigenvalue weighted by Gasteiger charge is 2.35. The summed E-state index contributed by atoms with van der Waals surface area (Å²) in [6.07, 6.45) is -3.49. The number of nitrogens with two attached hydrogens (primary N) is 1. The van der Waals surface area contributed by atoms with E-state index >= 15 is 0 Å². The minimum Gasteiger partial charge on any atom is -0.271 e. The van der Waals surface area contributed by atoms with Crippen LogP contribution in [-0.2, 0) is 6.18 Å². The van der Waals surface area contributed by atoms with E-state index in [-0.39, 0.29) is 14.9 Å². The third kappa shape index (κ3) is 3.00. The first-order valence-corrected chi connectivity index (χ1v) is 6.88. The number of aromatic nitrogens is 1. The summed E-state index contributed by atoms with van der Waals surface area (Å²) in [6, 6.07) is 3.59. The van der Waals surface area contributed by atoms with E-state index < -0.39 is 23.0 Å². The summed E-state index contributed by atoms with van der Waals surface area (Å²) in [7, 11) is 0. The standard InChI is InChI=1S/C11H8BrF4N3S/c12-6-3-1-2-5(8(6)13)9(19-17)7-4-18-10(20-7)11(14,15)16/h1-4,9,19H,17H2. The summed E-state index contributed by atoms with van der Waals surface area (Å²) in [4.78, 5) is 3.48. The van der Waals surface area contributed by atoms with E-state index in [1.54, 1.807) is 6.07 Å². The quantitative estimate of drug-likeness (QED) is 0.493. The maximum atomic E-state index is 14.0. The molecular formula is C11H8BrF4N3S. The Morgan fingerprint density at radius 3 is 2.60 bits per heavy atom.